The van der Waals surface area contributed by atoms with Gasteiger partial charge in [0, 0.05) is 16.5 Å². The highest BCUT2D eigenvalue weighted by Crippen LogP contribution is 2.30. The quantitative estimate of drug-likeness (QED) is 0.715. The van der Waals surface area contributed by atoms with E-state index in [-0.39, 0.29) is 5.78 Å². The summed E-state index contributed by atoms with van der Waals surface area (Å²) in [5.74, 6) is 0.431. The third-order valence-electron chi connectivity index (χ3n) is 2.11. The molecule has 72 valence electrons. The van der Waals surface area contributed by atoms with Crippen LogP contribution in [0.15, 0.2) is 17.1 Å². The molecule has 0 radical (unpaired) electrons. The molecule has 1 aromatic rings. The summed E-state index contributed by atoms with van der Waals surface area (Å²) in [6, 6.07) is 3.48. The molecule has 0 unspecified atom stereocenters. The van der Waals surface area contributed by atoms with Crippen LogP contribution in [0.5, 0.6) is 0 Å². The van der Waals surface area contributed by atoms with Gasteiger partial charge in [0.2, 0.25) is 5.78 Å². The molecule has 1 heterocycles. The zero-order chi connectivity index (χ0) is 10.1. The van der Waals surface area contributed by atoms with Crippen LogP contribution in [0.2, 0.25) is 5.02 Å². The molecule has 2 nitrogen and oxygen atoms in total. The van der Waals surface area contributed by atoms with E-state index in [1.807, 2.05) is 0 Å². The normalized spacial score (nSPS) is 13.4. The van der Waals surface area contributed by atoms with E-state index in [9.17, 15) is 4.79 Å². The van der Waals surface area contributed by atoms with Crippen LogP contribution in [0, 0.1) is 0 Å². The van der Waals surface area contributed by atoms with Crippen LogP contribution in [-0.2, 0) is 6.42 Å². The maximum absolute atomic E-state index is 11.3. The fraction of sp³-hybridized carbons (Fsp3) is 0.200. The summed E-state index contributed by atoms with van der Waals surface area (Å²) in [6.07, 6.45) is 1.98. The Morgan fingerprint density at radius 3 is 2.86 bits per heavy atom. The third-order valence-corrected chi connectivity index (χ3v) is 2.66. The fourth-order valence-electron chi connectivity index (χ4n) is 1.40. The van der Waals surface area contributed by atoms with Crippen LogP contribution in [0.25, 0.3) is 0 Å². The number of alkyl halides is 1. The summed E-state index contributed by atoms with van der Waals surface area (Å²) in [7, 11) is 0. The van der Waals surface area contributed by atoms with Gasteiger partial charge >= 0.3 is 0 Å². The van der Waals surface area contributed by atoms with E-state index in [1.54, 1.807) is 12.1 Å². The van der Waals surface area contributed by atoms with E-state index >= 15 is 0 Å². The maximum Gasteiger partial charge on any atom is 0.206 e. The Labute approximate surface area is 91.5 Å². The van der Waals surface area contributed by atoms with Gasteiger partial charge in [-0.3, -0.25) is 9.79 Å². The minimum atomic E-state index is -0.0625. The smallest absolute Gasteiger partial charge is 0.206 e. The van der Waals surface area contributed by atoms with E-state index < -0.39 is 0 Å². The van der Waals surface area contributed by atoms with Gasteiger partial charge in [0.05, 0.1) is 11.9 Å². The first-order valence-corrected chi connectivity index (χ1v) is 5.10. The maximum atomic E-state index is 11.3. The monoisotopic (exact) mass is 227 g/mol. The van der Waals surface area contributed by atoms with Gasteiger partial charge in [-0.1, -0.05) is 11.6 Å². The van der Waals surface area contributed by atoms with Crippen molar-refractivity contribution in [1.82, 2.24) is 0 Å². The van der Waals surface area contributed by atoms with Crippen LogP contribution in [-0.4, -0.2) is 17.9 Å². The zero-order valence-corrected chi connectivity index (χ0v) is 8.77. The van der Waals surface area contributed by atoms with Crippen LogP contribution in [0.1, 0.15) is 15.9 Å². The van der Waals surface area contributed by atoms with Crippen LogP contribution < -0.4 is 0 Å². The lowest BCUT2D eigenvalue weighted by atomic mass is 10.1. The lowest BCUT2D eigenvalue weighted by molar-refractivity contribution is 0.107. The molecular weight excluding hydrogens is 221 g/mol. The molecule has 0 bridgehead atoms. The van der Waals surface area contributed by atoms with Crippen molar-refractivity contribution in [2.75, 3.05) is 5.88 Å². The zero-order valence-electron chi connectivity index (χ0n) is 7.26. The van der Waals surface area contributed by atoms with Crippen molar-refractivity contribution >= 4 is 40.9 Å². The first-order chi connectivity index (χ1) is 6.72. The van der Waals surface area contributed by atoms with E-state index in [2.05, 4.69) is 4.99 Å². The molecule has 0 aromatic heterocycles. The summed E-state index contributed by atoms with van der Waals surface area (Å²) in [6.45, 7) is 0. The molecule has 0 spiro atoms. The molecule has 14 heavy (non-hydrogen) atoms. The highest BCUT2D eigenvalue weighted by molar-refractivity contribution is 6.40. The van der Waals surface area contributed by atoms with Gasteiger partial charge < -0.3 is 0 Å². The minimum absolute atomic E-state index is 0.0625. The van der Waals surface area contributed by atoms with Crippen molar-refractivity contribution in [1.29, 1.82) is 0 Å². The second kappa shape index (κ2) is 3.71. The van der Waals surface area contributed by atoms with E-state index in [4.69, 9.17) is 23.2 Å². The van der Waals surface area contributed by atoms with Crippen LogP contribution >= 0.6 is 23.2 Å². The van der Waals surface area contributed by atoms with Crippen LogP contribution in [0.4, 0.5) is 5.69 Å². The Kier molecular flexibility index (Phi) is 2.57. The average Bonchev–Trinajstić information content (AvgIpc) is 2.49. The Morgan fingerprint density at radius 2 is 2.14 bits per heavy atom. The van der Waals surface area contributed by atoms with Crippen molar-refractivity contribution in [3.05, 3.63) is 28.3 Å². The number of rotatable bonds is 2. The van der Waals surface area contributed by atoms with Crippen molar-refractivity contribution in [3.8, 4) is 0 Å². The Bertz CT molecular complexity index is 426. The summed E-state index contributed by atoms with van der Waals surface area (Å²) in [5, 5.41) is 0.622. The first-order valence-electron chi connectivity index (χ1n) is 4.19. The van der Waals surface area contributed by atoms with Gasteiger partial charge in [-0.25, -0.2) is 0 Å². The standard InChI is InChI=1S/C10H7Cl2NO/c11-2-1-6-3-7-9(4-8(6)12)13-5-10(7)14/h3-5H,1-2H2. The Hall–Kier alpha value is -0.860. The minimum Gasteiger partial charge on any atom is -0.287 e. The Morgan fingerprint density at radius 1 is 1.36 bits per heavy atom. The molecule has 1 aliphatic rings. The number of fused-ring (bicyclic) bond motifs is 1. The molecule has 0 amide bonds. The van der Waals surface area contributed by atoms with Gasteiger partial charge in [0.15, 0.2) is 0 Å². The van der Waals surface area contributed by atoms with Crippen molar-refractivity contribution in [2.45, 2.75) is 6.42 Å². The number of hydrogen-bond donors (Lipinski definition) is 0. The molecule has 0 saturated heterocycles. The molecule has 0 saturated carbocycles. The van der Waals surface area contributed by atoms with Gasteiger partial charge in [0.1, 0.15) is 0 Å². The number of halogens is 2. The molecule has 2 rings (SSSR count). The molecule has 4 heteroatoms. The van der Waals surface area contributed by atoms with Gasteiger partial charge in [-0.15, -0.1) is 11.6 Å². The summed E-state index contributed by atoms with van der Waals surface area (Å²) in [5.41, 5.74) is 2.17. The predicted molar refractivity (Wildman–Crippen MR) is 58.4 cm³/mol. The number of ketones is 1. The number of nitrogens with zero attached hydrogens (tertiary/aromatic N) is 1. The third kappa shape index (κ3) is 1.56. The Balaban J connectivity index is 2.49. The van der Waals surface area contributed by atoms with Gasteiger partial charge in [-0.05, 0) is 24.1 Å². The number of Topliss-reactive ketones (excluding diaryl/α,β-unsaturated/α-hetero) is 1. The van der Waals surface area contributed by atoms with E-state index in [0.29, 0.717) is 28.6 Å². The number of carbonyl (C=O) groups excluding carboxylic acids is 1. The molecular formula is C10H7Cl2NO. The van der Waals surface area contributed by atoms with E-state index in [0.717, 1.165) is 5.56 Å². The van der Waals surface area contributed by atoms with Crippen molar-refractivity contribution in [3.63, 3.8) is 0 Å². The molecule has 1 aromatic carbocycles. The van der Waals surface area contributed by atoms with Crippen LogP contribution in [0.3, 0.4) is 0 Å². The first kappa shape index (κ1) is 9.69. The van der Waals surface area contributed by atoms with Gasteiger partial charge in [-0.2, -0.15) is 0 Å². The topological polar surface area (TPSA) is 29.4 Å². The largest absolute Gasteiger partial charge is 0.287 e. The summed E-state index contributed by atoms with van der Waals surface area (Å²) >= 11 is 11.6. The average molecular weight is 228 g/mol. The molecule has 0 atom stereocenters. The molecule has 0 N–H and O–H groups in total. The highest BCUT2D eigenvalue weighted by atomic mass is 35.5. The molecule has 0 aliphatic carbocycles. The SMILES string of the molecule is O=C1C=Nc2cc(Cl)c(CCCl)cc21. The lowest BCUT2D eigenvalue weighted by Gasteiger charge is -2.04. The number of hydrogen-bond acceptors (Lipinski definition) is 2. The number of benzene rings is 1. The lowest BCUT2D eigenvalue weighted by Crippen LogP contribution is -1.96. The predicted octanol–water partition coefficient (Wildman–Crippen LogP) is 3.02. The number of aliphatic imine (C=N–C) groups is 1. The number of aryl methyl sites for hydroxylation is 1. The highest BCUT2D eigenvalue weighted by Gasteiger charge is 2.17. The summed E-state index contributed by atoms with van der Waals surface area (Å²) < 4.78 is 0. The second-order valence-corrected chi connectivity index (χ2v) is 3.81. The second-order valence-electron chi connectivity index (χ2n) is 3.02. The summed E-state index contributed by atoms with van der Waals surface area (Å²) in [4.78, 5) is 15.3. The molecule has 1 aliphatic heterocycles. The fourth-order valence-corrected chi connectivity index (χ4v) is 1.86. The van der Waals surface area contributed by atoms with Crippen molar-refractivity contribution < 1.29 is 4.79 Å². The van der Waals surface area contributed by atoms with E-state index in [1.165, 1.54) is 6.21 Å². The number of carbonyl (C=O) groups is 1. The molecule has 0 fully saturated rings. The van der Waals surface area contributed by atoms with Gasteiger partial charge in [0.25, 0.3) is 0 Å². The van der Waals surface area contributed by atoms with Crippen molar-refractivity contribution in [2.24, 2.45) is 4.99 Å².